The molecule has 188 valence electrons. The largest absolute Gasteiger partial charge is 0.441 e. The molecule has 2 heterocycles. The highest BCUT2D eigenvalue weighted by Crippen LogP contribution is 2.25. The molecule has 0 saturated heterocycles. The van der Waals surface area contributed by atoms with Gasteiger partial charge < -0.3 is 23.4 Å². The fraction of sp³-hybridized carbons (Fsp3) is 0.0400. The van der Waals surface area contributed by atoms with Crippen molar-refractivity contribution in [2.45, 2.75) is 0 Å². The van der Waals surface area contributed by atoms with Crippen LogP contribution in [0.1, 0.15) is 20.7 Å². The van der Waals surface area contributed by atoms with Crippen LogP contribution in [0.25, 0.3) is 5.69 Å². The summed E-state index contributed by atoms with van der Waals surface area (Å²) in [7, 11) is -0.723. The third-order valence-electron chi connectivity index (χ3n) is 5.02. The Hall–Kier alpha value is -4.32. The number of hydrogen-bond donors (Lipinski definition) is 2. The van der Waals surface area contributed by atoms with E-state index in [1.54, 1.807) is 48.7 Å². The molecule has 4 rings (SSSR count). The first-order chi connectivity index (χ1) is 17.8. The molecule has 2 amide bonds. The van der Waals surface area contributed by atoms with Crippen molar-refractivity contribution in [2.75, 3.05) is 17.7 Å². The fourth-order valence-corrected chi connectivity index (χ4v) is 3.72. The molecule has 2 N–H and O–H groups in total. The highest BCUT2D eigenvalue weighted by Gasteiger charge is 2.16. The van der Waals surface area contributed by atoms with Crippen LogP contribution in [0.15, 0.2) is 94.3 Å². The van der Waals surface area contributed by atoms with Crippen LogP contribution in [0.3, 0.4) is 0 Å². The number of nitrogens with zero attached hydrogens (tertiary/aromatic N) is 3. The summed E-state index contributed by atoms with van der Waals surface area (Å²) in [5.74, 6) is -0.846. The summed E-state index contributed by atoms with van der Waals surface area (Å²) in [6, 6.07) is 18.6. The summed E-state index contributed by atoms with van der Waals surface area (Å²) < 4.78 is 21.7. The average Bonchev–Trinajstić information content (AvgIpc) is 2.91. The minimum absolute atomic E-state index is 0.0481. The second-order valence-corrected chi connectivity index (χ2v) is 8.82. The van der Waals surface area contributed by atoms with Gasteiger partial charge in [0.2, 0.25) is 0 Å². The number of carbonyl (C=O) groups is 2. The summed E-state index contributed by atoms with van der Waals surface area (Å²) in [5.41, 5.74) is 1.12. The summed E-state index contributed by atoms with van der Waals surface area (Å²) >= 11 is 5.85. The molecule has 10 nitrogen and oxygen atoms in total. The van der Waals surface area contributed by atoms with Gasteiger partial charge in [0.25, 0.3) is 17.4 Å². The molecular weight excluding hydrogens is 518 g/mol. The van der Waals surface area contributed by atoms with Gasteiger partial charge >= 0.3 is 0 Å². The molecule has 0 bridgehead atoms. The first kappa shape index (κ1) is 25.8. The smallest absolute Gasteiger partial charge is 0.259 e. The van der Waals surface area contributed by atoms with E-state index in [0.717, 1.165) is 0 Å². The highest BCUT2D eigenvalue weighted by atomic mass is 35.5. The van der Waals surface area contributed by atoms with Gasteiger partial charge in [-0.3, -0.25) is 19.0 Å². The Morgan fingerprint density at radius 2 is 1.78 bits per heavy atom. The van der Waals surface area contributed by atoms with Gasteiger partial charge in [0.1, 0.15) is 5.82 Å². The van der Waals surface area contributed by atoms with Crippen molar-refractivity contribution < 1.29 is 18.0 Å². The van der Waals surface area contributed by atoms with E-state index < -0.39 is 22.7 Å². The molecule has 2 aromatic carbocycles. The van der Waals surface area contributed by atoms with E-state index in [1.807, 2.05) is 0 Å². The lowest BCUT2D eigenvalue weighted by Gasteiger charge is -2.13. The zero-order valence-electron chi connectivity index (χ0n) is 19.3. The molecule has 0 fully saturated rings. The van der Waals surface area contributed by atoms with Crippen molar-refractivity contribution in [2.24, 2.45) is 4.36 Å². The van der Waals surface area contributed by atoms with Crippen LogP contribution < -0.4 is 16.2 Å². The first-order valence-electron chi connectivity index (χ1n) is 10.7. The van der Waals surface area contributed by atoms with Gasteiger partial charge in [-0.05, 0) is 60.7 Å². The van der Waals surface area contributed by atoms with E-state index >= 15 is 0 Å². The third kappa shape index (κ3) is 6.47. The Morgan fingerprint density at radius 3 is 2.46 bits per heavy atom. The van der Waals surface area contributed by atoms with Crippen molar-refractivity contribution >= 4 is 51.5 Å². The molecule has 0 aliphatic heterocycles. The van der Waals surface area contributed by atoms with Gasteiger partial charge in [-0.1, -0.05) is 28.5 Å². The van der Waals surface area contributed by atoms with Crippen LogP contribution in [-0.2, 0) is 19.3 Å². The molecule has 0 unspecified atom stereocenters. The van der Waals surface area contributed by atoms with Crippen molar-refractivity contribution in [3.05, 3.63) is 112 Å². The fourth-order valence-electron chi connectivity index (χ4n) is 3.25. The Labute approximate surface area is 218 Å². The summed E-state index contributed by atoms with van der Waals surface area (Å²) in [4.78, 5) is 42.1. The van der Waals surface area contributed by atoms with Gasteiger partial charge in [-0.15, -0.1) is 0 Å². The van der Waals surface area contributed by atoms with E-state index in [0.29, 0.717) is 16.3 Å². The number of nitrogens with one attached hydrogen (secondary N) is 2. The lowest BCUT2D eigenvalue weighted by molar-refractivity contribution is 0.102. The Bertz CT molecular complexity index is 1600. The number of anilines is 2. The highest BCUT2D eigenvalue weighted by molar-refractivity contribution is 7.69. The van der Waals surface area contributed by atoms with Crippen LogP contribution in [0.5, 0.6) is 0 Å². The second-order valence-electron chi connectivity index (χ2n) is 7.43. The third-order valence-corrected chi connectivity index (χ3v) is 5.89. The summed E-state index contributed by atoms with van der Waals surface area (Å²) in [5, 5.41) is 5.73. The SMILES string of the molecule is CO[S-](=O)=Nc1ccc(NC(=O)c2ccc(-n3ccccc3=O)cc2)c(C(=O)Nc2ccc(Cl)cn2)c1. The maximum absolute atomic E-state index is 13.1. The monoisotopic (exact) mass is 536 g/mol. The topological polar surface area (TPSA) is 132 Å². The number of carbonyl (C=O) groups excluding carboxylic acids is 2. The Morgan fingerprint density at radius 1 is 1.00 bits per heavy atom. The van der Waals surface area contributed by atoms with Gasteiger partial charge in [0.15, 0.2) is 0 Å². The lowest BCUT2D eigenvalue weighted by Crippen LogP contribution is -2.19. The average molecular weight is 537 g/mol. The van der Waals surface area contributed by atoms with Crippen LogP contribution in [0.4, 0.5) is 17.2 Å². The zero-order valence-corrected chi connectivity index (χ0v) is 20.8. The van der Waals surface area contributed by atoms with Crippen LogP contribution >= 0.6 is 11.6 Å². The first-order valence-corrected chi connectivity index (χ1v) is 12.1. The molecule has 0 spiro atoms. The summed E-state index contributed by atoms with van der Waals surface area (Å²) in [6.45, 7) is 0. The minimum Gasteiger partial charge on any atom is -0.441 e. The number of pyridine rings is 2. The van der Waals surface area contributed by atoms with E-state index in [1.165, 1.54) is 48.2 Å². The maximum Gasteiger partial charge on any atom is 0.259 e. The number of amides is 2. The van der Waals surface area contributed by atoms with Gasteiger partial charge in [0.05, 0.1) is 16.3 Å². The van der Waals surface area contributed by atoms with Crippen LogP contribution in [0, 0.1) is 0 Å². The number of rotatable bonds is 7. The molecule has 0 aliphatic carbocycles. The molecular formula is C25H19ClN5O5S-. The van der Waals surface area contributed by atoms with Crippen molar-refractivity contribution in [1.29, 1.82) is 0 Å². The molecule has 0 aliphatic rings. The summed E-state index contributed by atoms with van der Waals surface area (Å²) in [6.07, 6.45) is 3.00. The van der Waals surface area contributed by atoms with Crippen molar-refractivity contribution in [3.63, 3.8) is 0 Å². The quantitative estimate of drug-likeness (QED) is 0.328. The number of halogens is 1. The standard InChI is InChI=1S/C25H19ClN5O5S/c1-36-37(35)30-18-8-11-21(20(14-18)25(34)29-22-12-7-17(26)15-27-22)28-24(33)16-5-9-19(10-6-16)31-13-3-2-4-23(31)32/h2-15H,1H3,(H,28,33)(H,27,29,34)/q-1. The number of hydrogen-bond acceptors (Lipinski definition) is 8. The zero-order chi connectivity index (χ0) is 26.4. The van der Waals surface area contributed by atoms with Gasteiger partial charge in [-0.2, -0.15) is 0 Å². The molecule has 4 aromatic rings. The predicted octanol–water partition coefficient (Wildman–Crippen LogP) is 4.73. The Kier molecular flexibility index (Phi) is 8.08. The normalized spacial score (nSPS) is 11.6. The predicted molar refractivity (Wildman–Crippen MR) is 141 cm³/mol. The number of aromatic nitrogens is 2. The van der Waals surface area contributed by atoms with E-state index in [-0.39, 0.29) is 28.3 Å². The molecule has 12 heteroatoms. The Balaban J connectivity index is 1.61. The molecule has 0 saturated carbocycles. The van der Waals surface area contributed by atoms with Gasteiger partial charge in [0, 0.05) is 42.5 Å². The lowest BCUT2D eigenvalue weighted by atomic mass is 10.1. The van der Waals surface area contributed by atoms with Crippen molar-refractivity contribution in [1.82, 2.24) is 9.55 Å². The van der Waals surface area contributed by atoms with E-state index in [2.05, 4.69) is 24.2 Å². The van der Waals surface area contributed by atoms with E-state index in [4.69, 9.17) is 11.6 Å². The van der Waals surface area contributed by atoms with Crippen LogP contribution in [-0.4, -0.2) is 28.5 Å². The maximum atomic E-state index is 13.1. The minimum atomic E-state index is -1.95. The van der Waals surface area contributed by atoms with Crippen LogP contribution in [0.2, 0.25) is 5.02 Å². The second kappa shape index (κ2) is 11.6. The van der Waals surface area contributed by atoms with Gasteiger partial charge in [-0.25, -0.2) is 4.98 Å². The molecule has 37 heavy (non-hydrogen) atoms. The van der Waals surface area contributed by atoms with E-state index in [9.17, 15) is 18.6 Å². The molecule has 0 atom stereocenters. The molecule has 0 radical (unpaired) electrons. The van der Waals surface area contributed by atoms with Crippen molar-refractivity contribution in [3.8, 4) is 5.69 Å². The number of benzene rings is 2. The molecule has 2 aromatic heterocycles.